The largest absolute Gasteiger partial charge is 0.382 e. The van der Waals surface area contributed by atoms with Crippen LogP contribution in [0.4, 0.5) is 5.82 Å². The molecule has 2 heterocycles. The van der Waals surface area contributed by atoms with Gasteiger partial charge >= 0.3 is 0 Å². The first-order valence-electron chi connectivity index (χ1n) is 4.51. The Morgan fingerprint density at radius 3 is 2.88 bits per heavy atom. The molecular formula is C9H11N3O2S2. The van der Waals surface area contributed by atoms with E-state index in [1.54, 1.807) is 0 Å². The second-order valence-corrected chi connectivity index (χ2v) is 6.60. The molecule has 0 aliphatic rings. The van der Waals surface area contributed by atoms with Crippen LogP contribution in [0.2, 0.25) is 0 Å². The van der Waals surface area contributed by atoms with E-state index in [0.717, 1.165) is 4.88 Å². The Morgan fingerprint density at radius 1 is 1.56 bits per heavy atom. The quantitative estimate of drug-likeness (QED) is 0.866. The van der Waals surface area contributed by atoms with Gasteiger partial charge < -0.3 is 5.73 Å². The number of anilines is 1. The van der Waals surface area contributed by atoms with Crippen LogP contribution in [0.15, 0.2) is 17.5 Å². The number of rotatable bonds is 3. The van der Waals surface area contributed by atoms with E-state index in [0.29, 0.717) is 17.1 Å². The molecule has 0 saturated heterocycles. The summed E-state index contributed by atoms with van der Waals surface area (Å²) in [6, 6.07) is 3.77. The van der Waals surface area contributed by atoms with Crippen molar-refractivity contribution in [1.29, 1.82) is 0 Å². The number of sulfone groups is 1. The number of nitrogens with one attached hydrogen (secondary N) is 1. The Hall–Kier alpha value is -1.34. The van der Waals surface area contributed by atoms with Crippen LogP contribution < -0.4 is 5.73 Å². The zero-order valence-electron chi connectivity index (χ0n) is 8.60. The summed E-state index contributed by atoms with van der Waals surface area (Å²) in [6.07, 6.45) is 1.18. The van der Waals surface area contributed by atoms with Crippen LogP contribution in [0.3, 0.4) is 0 Å². The van der Waals surface area contributed by atoms with E-state index < -0.39 is 9.84 Å². The number of nitrogen functional groups attached to an aromatic ring is 1. The smallest absolute Gasteiger partial charge is 0.154 e. The summed E-state index contributed by atoms with van der Waals surface area (Å²) in [5.74, 6) is 0.255. The SMILES string of the molecule is CS(=O)(=O)Cc1[nH]nc(N)c1-c1cccs1. The minimum Gasteiger partial charge on any atom is -0.382 e. The Balaban J connectivity index is 2.49. The molecular weight excluding hydrogens is 246 g/mol. The molecule has 0 radical (unpaired) electrons. The van der Waals surface area contributed by atoms with Crippen LogP contribution in [0, 0.1) is 0 Å². The van der Waals surface area contributed by atoms with E-state index in [1.165, 1.54) is 17.6 Å². The standard InChI is InChI=1S/C9H11N3O2S2/c1-16(13,14)5-6-8(9(10)12-11-6)7-3-2-4-15-7/h2-4H,5H2,1H3,(H3,10,11,12). The van der Waals surface area contributed by atoms with E-state index >= 15 is 0 Å². The predicted octanol–water partition coefficient (Wildman–Crippen LogP) is 1.26. The van der Waals surface area contributed by atoms with Gasteiger partial charge in [0.1, 0.15) is 0 Å². The first kappa shape index (κ1) is 11.2. The minimum atomic E-state index is -3.10. The van der Waals surface area contributed by atoms with Crippen LogP contribution in [0.5, 0.6) is 0 Å². The lowest BCUT2D eigenvalue weighted by atomic mass is 10.2. The molecule has 5 nitrogen and oxygen atoms in total. The molecule has 2 rings (SSSR count). The summed E-state index contributed by atoms with van der Waals surface area (Å²) in [5, 5.41) is 8.43. The van der Waals surface area contributed by atoms with Crippen LogP contribution in [-0.4, -0.2) is 24.9 Å². The van der Waals surface area contributed by atoms with Crippen molar-refractivity contribution in [2.45, 2.75) is 5.75 Å². The first-order chi connectivity index (χ1) is 7.47. The molecule has 0 fully saturated rings. The Morgan fingerprint density at radius 2 is 2.31 bits per heavy atom. The van der Waals surface area contributed by atoms with Gasteiger partial charge in [-0.05, 0) is 11.4 Å². The van der Waals surface area contributed by atoms with Gasteiger partial charge in [-0.25, -0.2) is 8.42 Å². The number of H-pyrrole nitrogens is 1. The highest BCUT2D eigenvalue weighted by molar-refractivity contribution is 7.89. The van der Waals surface area contributed by atoms with Crippen molar-refractivity contribution in [3.05, 3.63) is 23.2 Å². The third-order valence-corrected chi connectivity index (χ3v) is 3.74. The van der Waals surface area contributed by atoms with Gasteiger partial charge in [0, 0.05) is 11.1 Å². The van der Waals surface area contributed by atoms with Crippen molar-refractivity contribution in [3.8, 4) is 10.4 Å². The normalized spacial score (nSPS) is 11.8. The second kappa shape index (κ2) is 3.91. The van der Waals surface area contributed by atoms with E-state index in [4.69, 9.17) is 5.73 Å². The van der Waals surface area contributed by atoms with E-state index in [2.05, 4.69) is 10.2 Å². The predicted molar refractivity (Wildman–Crippen MR) is 64.9 cm³/mol. The zero-order valence-corrected chi connectivity index (χ0v) is 10.2. The summed E-state index contributed by atoms with van der Waals surface area (Å²) in [6.45, 7) is 0. The van der Waals surface area contributed by atoms with E-state index in [9.17, 15) is 8.42 Å². The monoisotopic (exact) mass is 257 g/mol. The number of aromatic amines is 1. The van der Waals surface area contributed by atoms with Crippen molar-refractivity contribution in [2.75, 3.05) is 12.0 Å². The Kier molecular flexibility index (Phi) is 2.73. The molecule has 0 unspecified atom stereocenters. The molecule has 0 aromatic carbocycles. The molecule has 0 bridgehead atoms. The average Bonchev–Trinajstić information content (AvgIpc) is 2.73. The fraction of sp³-hybridized carbons (Fsp3) is 0.222. The zero-order chi connectivity index (χ0) is 11.8. The van der Waals surface area contributed by atoms with Gasteiger partial charge in [0.05, 0.1) is 17.0 Å². The van der Waals surface area contributed by atoms with Gasteiger partial charge in [-0.1, -0.05) is 6.07 Å². The van der Waals surface area contributed by atoms with Gasteiger partial charge in [-0.2, -0.15) is 5.10 Å². The van der Waals surface area contributed by atoms with Crippen LogP contribution in [0.1, 0.15) is 5.69 Å². The third kappa shape index (κ3) is 2.25. The number of thiophene rings is 1. The van der Waals surface area contributed by atoms with Crippen LogP contribution >= 0.6 is 11.3 Å². The molecule has 0 aliphatic carbocycles. The minimum absolute atomic E-state index is 0.0789. The molecule has 86 valence electrons. The van der Waals surface area contributed by atoms with E-state index in [-0.39, 0.29) is 5.75 Å². The molecule has 0 atom stereocenters. The number of nitrogens with zero attached hydrogens (tertiary/aromatic N) is 1. The number of hydrogen-bond acceptors (Lipinski definition) is 5. The molecule has 0 spiro atoms. The topological polar surface area (TPSA) is 88.8 Å². The van der Waals surface area contributed by atoms with Crippen molar-refractivity contribution < 1.29 is 8.42 Å². The summed E-state index contributed by atoms with van der Waals surface area (Å²) < 4.78 is 22.5. The molecule has 7 heteroatoms. The maximum absolute atomic E-state index is 11.2. The molecule has 0 amide bonds. The Bertz CT molecular complexity index is 584. The summed E-state index contributed by atoms with van der Waals surface area (Å²) in [7, 11) is -3.10. The van der Waals surface area contributed by atoms with Crippen LogP contribution in [-0.2, 0) is 15.6 Å². The van der Waals surface area contributed by atoms with E-state index in [1.807, 2.05) is 17.5 Å². The number of nitrogens with two attached hydrogens (primary N) is 1. The van der Waals surface area contributed by atoms with Crippen molar-refractivity contribution in [1.82, 2.24) is 10.2 Å². The number of aromatic nitrogens is 2. The Labute approximate surface area is 97.2 Å². The fourth-order valence-electron chi connectivity index (χ4n) is 1.46. The third-order valence-electron chi connectivity index (χ3n) is 2.04. The highest BCUT2D eigenvalue weighted by Gasteiger charge is 2.17. The van der Waals surface area contributed by atoms with Gasteiger partial charge in [0.25, 0.3) is 0 Å². The number of hydrogen-bond donors (Lipinski definition) is 2. The van der Waals surface area contributed by atoms with Gasteiger partial charge in [-0.15, -0.1) is 11.3 Å². The average molecular weight is 257 g/mol. The van der Waals surface area contributed by atoms with Gasteiger partial charge in [-0.3, -0.25) is 5.10 Å². The fourth-order valence-corrected chi connectivity index (χ4v) is 3.00. The molecule has 0 aliphatic heterocycles. The lowest BCUT2D eigenvalue weighted by molar-refractivity contribution is 0.600. The van der Waals surface area contributed by atoms with Gasteiger partial charge in [0.2, 0.25) is 0 Å². The summed E-state index contributed by atoms with van der Waals surface area (Å²) in [5.41, 5.74) is 6.96. The second-order valence-electron chi connectivity index (χ2n) is 3.51. The summed E-state index contributed by atoms with van der Waals surface area (Å²) in [4.78, 5) is 0.921. The molecule has 0 saturated carbocycles. The highest BCUT2D eigenvalue weighted by atomic mass is 32.2. The maximum atomic E-state index is 11.2. The van der Waals surface area contributed by atoms with Gasteiger partial charge in [0.15, 0.2) is 15.7 Å². The van der Waals surface area contributed by atoms with Crippen molar-refractivity contribution in [2.24, 2.45) is 0 Å². The van der Waals surface area contributed by atoms with Crippen LogP contribution in [0.25, 0.3) is 10.4 Å². The highest BCUT2D eigenvalue weighted by Crippen LogP contribution is 2.32. The summed E-state index contributed by atoms with van der Waals surface area (Å²) >= 11 is 1.50. The molecule has 2 aromatic heterocycles. The first-order valence-corrected chi connectivity index (χ1v) is 7.46. The lowest BCUT2D eigenvalue weighted by Gasteiger charge is -2.00. The van der Waals surface area contributed by atoms with Crippen molar-refractivity contribution >= 4 is 27.0 Å². The van der Waals surface area contributed by atoms with Crippen molar-refractivity contribution in [3.63, 3.8) is 0 Å². The maximum Gasteiger partial charge on any atom is 0.154 e. The molecule has 3 N–H and O–H groups in total. The molecule has 2 aromatic rings. The molecule has 16 heavy (non-hydrogen) atoms. The lowest BCUT2D eigenvalue weighted by Crippen LogP contribution is -2.02.